The molecule has 4 nitrogen and oxygen atoms in total. The minimum atomic E-state index is 0.0791. The van der Waals surface area contributed by atoms with Crippen LogP contribution in [0.5, 0.6) is 0 Å². The number of nitrogens with zero attached hydrogens (tertiary/aromatic N) is 2. The maximum atomic E-state index is 5.93. The van der Waals surface area contributed by atoms with Crippen molar-refractivity contribution in [1.82, 2.24) is 15.1 Å². The minimum Gasteiger partial charge on any atom is -0.371 e. The Morgan fingerprint density at radius 2 is 2.41 bits per heavy atom. The second-order valence-corrected chi connectivity index (χ2v) is 5.51. The van der Waals surface area contributed by atoms with Crippen molar-refractivity contribution >= 4 is 0 Å². The first-order chi connectivity index (χ1) is 8.05. The molecule has 1 aliphatic rings. The van der Waals surface area contributed by atoms with Crippen molar-refractivity contribution in [2.24, 2.45) is 7.05 Å². The summed E-state index contributed by atoms with van der Waals surface area (Å²) in [7, 11) is 1.95. The molecule has 0 saturated carbocycles. The van der Waals surface area contributed by atoms with Crippen molar-refractivity contribution in [3.8, 4) is 0 Å². The lowest BCUT2D eigenvalue weighted by molar-refractivity contribution is -0.0140. The second kappa shape index (κ2) is 5.19. The Morgan fingerprint density at radius 1 is 1.59 bits per heavy atom. The first-order valence-electron chi connectivity index (χ1n) is 6.41. The normalized spacial score (nSPS) is 23.1. The number of rotatable bonds is 5. The predicted octanol–water partition coefficient (Wildman–Crippen LogP) is 1.51. The molecule has 0 aromatic carbocycles. The van der Waals surface area contributed by atoms with E-state index < -0.39 is 0 Å². The molecule has 0 spiro atoms. The van der Waals surface area contributed by atoms with Crippen molar-refractivity contribution in [2.45, 2.75) is 44.8 Å². The topological polar surface area (TPSA) is 39.1 Å². The molecule has 2 rings (SSSR count). The maximum absolute atomic E-state index is 5.93. The van der Waals surface area contributed by atoms with Crippen LogP contribution in [-0.2, 0) is 18.2 Å². The number of nitrogens with one attached hydrogen (secondary N) is 1. The number of aromatic nitrogens is 2. The molecule has 0 bridgehead atoms. The van der Waals surface area contributed by atoms with Crippen LogP contribution in [0.2, 0.25) is 0 Å². The van der Waals surface area contributed by atoms with Crippen LogP contribution in [0.15, 0.2) is 12.4 Å². The van der Waals surface area contributed by atoms with E-state index in [2.05, 4.69) is 30.5 Å². The number of aryl methyl sites for hydroxylation is 1. The summed E-state index contributed by atoms with van der Waals surface area (Å²) in [6.07, 6.45) is 7.76. The summed E-state index contributed by atoms with van der Waals surface area (Å²) < 4.78 is 7.77. The Morgan fingerprint density at radius 3 is 3.00 bits per heavy atom. The zero-order chi connectivity index (χ0) is 12.3. The highest BCUT2D eigenvalue weighted by molar-refractivity contribution is 5.03. The Hall–Kier alpha value is -0.870. The fourth-order valence-corrected chi connectivity index (χ4v) is 2.32. The largest absolute Gasteiger partial charge is 0.371 e. The average molecular weight is 237 g/mol. The van der Waals surface area contributed by atoms with Crippen molar-refractivity contribution in [3.63, 3.8) is 0 Å². The van der Waals surface area contributed by atoms with E-state index in [1.165, 1.54) is 18.4 Å². The van der Waals surface area contributed by atoms with Gasteiger partial charge in [-0.25, -0.2) is 0 Å². The summed E-state index contributed by atoms with van der Waals surface area (Å²) in [5.74, 6) is 0. The molecule has 1 aromatic heterocycles. The molecule has 1 saturated heterocycles. The van der Waals surface area contributed by atoms with Crippen LogP contribution in [0.1, 0.15) is 32.3 Å². The van der Waals surface area contributed by atoms with Gasteiger partial charge in [-0.3, -0.25) is 4.68 Å². The fourth-order valence-electron chi connectivity index (χ4n) is 2.32. The molecule has 1 aliphatic heterocycles. The molecule has 0 radical (unpaired) electrons. The lowest BCUT2D eigenvalue weighted by atomic mass is 10.1. The molecule has 1 N–H and O–H groups in total. The molecule has 1 fully saturated rings. The van der Waals surface area contributed by atoms with Gasteiger partial charge in [-0.15, -0.1) is 0 Å². The van der Waals surface area contributed by atoms with Crippen molar-refractivity contribution in [2.75, 3.05) is 13.1 Å². The Kier molecular flexibility index (Phi) is 3.84. The minimum absolute atomic E-state index is 0.0791. The van der Waals surface area contributed by atoms with Gasteiger partial charge >= 0.3 is 0 Å². The van der Waals surface area contributed by atoms with E-state index in [0.717, 1.165) is 19.5 Å². The Bertz CT molecular complexity index is 359. The van der Waals surface area contributed by atoms with Crippen LogP contribution >= 0.6 is 0 Å². The number of hydrogen-bond acceptors (Lipinski definition) is 3. The highest BCUT2D eigenvalue weighted by Crippen LogP contribution is 2.28. The Labute approximate surface area is 103 Å². The van der Waals surface area contributed by atoms with Crippen LogP contribution in [-0.4, -0.2) is 34.6 Å². The molecule has 17 heavy (non-hydrogen) atoms. The summed E-state index contributed by atoms with van der Waals surface area (Å²) in [6.45, 7) is 6.29. The highest BCUT2D eigenvalue weighted by atomic mass is 16.5. The lowest BCUT2D eigenvalue weighted by Crippen LogP contribution is -2.30. The van der Waals surface area contributed by atoms with Crippen molar-refractivity contribution < 1.29 is 4.74 Å². The SMILES string of the molecule is Cn1cc(CCNCC2CCC(C)(C)O2)cn1. The number of ether oxygens (including phenoxy) is 1. The lowest BCUT2D eigenvalue weighted by Gasteiger charge is -2.19. The summed E-state index contributed by atoms with van der Waals surface area (Å²) in [5, 5.41) is 7.62. The van der Waals surface area contributed by atoms with Gasteiger partial charge in [0.25, 0.3) is 0 Å². The van der Waals surface area contributed by atoms with Gasteiger partial charge in [0.15, 0.2) is 0 Å². The van der Waals surface area contributed by atoms with Crippen LogP contribution in [0.25, 0.3) is 0 Å². The van der Waals surface area contributed by atoms with Crippen molar-refractivity contribution in [3.05, 3.63) is 18.0 Å². The monoisotopic (exact) mass is 237 g/mol. The van der Waals surface area contributed by atoms with Crippen LogP contribution in [0, 0.1) is 0 Å². The molecule has 1 aromatic rings. The fraction of sp³-hybridized carbons (Fsp3) is 0.769. The van der Waals surface area contributed by atoms with Gasteiger partial charge < -0.3 is 10.1 Å². The van der Waals surface area contributed by atoms with Crippen LogP contribution < -0.4 is 5.32 Å². The summed E-state index contributed by atoms with van der Waals surface area (Å²) in [5.41, 5.74) is 1.36. The smallest absolute Gasteiger partial charge is 0.0707 e. The van der Waals surface area contributed by atoms with E-state index in [-0.39, 0.29) is 5.60 Å². The Balaban J connectivity index is 1.61. The zero-order valence-electron chi connectivity index (χ0n) is 11.1. The molecule has 96 valence electrons. The number of hydrogen-bond donors (Lipinski definition) is 1. The van der Waals surface area contributed by atoms with E-state index in [1.54, 1.807) is 0 Å². The molecular weight excluding hydrogens is 214 g/mol. The van der Waals surface area contributed by atoms with E-state index in [4.69, 9.17) is 4.74 Å². The van der Waals surface area contributed by atoms with Crippen LogP contribution in [0.4, 0.5) is 0 Å². The molecular formula is C13H23N3O. The average Bonchev–Trinajstić information content (AvgIpc) is 2.80. The summed E-state index contributed by atoms with van der Waals surface area (Å²) >= 11 is 0. The van der Waals surface area contributed by atoms with Gasteiger partial charge in [-0.2, -0.15) is 5.10 Å². The van der Waals surface area contributed by atoms with E-state index in [1.807, 2.05) is 17.9 Å². The standard InChI is InChI=1S/C13H23N3O/c1-13(2)6-4-12(17-13)9-14-7-5-11-8-15-16(3)10-11/h8,10,12,14H,4-7,9H2,1-3H3. The van der Waals surface area contributed by atoms with Gasteiger partial charge in [0.2, 0.25) is 0 Å². The van der Waals surface area contributed by atoms with Gasteiger partial charge in [0.1, 0.15) is 0 Å². The second-order valence-electron chi connectivity index (χ2n) is 5.51. The first kappa shape index (κ1) is 12.6. The molecule has 4 heteroatoms. The third-order valence-corrected chi connectivity index (χ3v) is 3.27. The van der Waals surface area contributed by atoms with Crippen LogP contribution in [0.3, 0.4) is 0 Å². The van der Waals surface area contributed by atoms with E-state index in [9.17, 15) is 0 Å². The van der Waals surface area contributed by atoms with Gasteiger partial charge in [-0.1, -0.05) is 0 Å². The predicted molar refractivity (Wildman–Crippen MR) is 68.0 cm³/mol. The maximum Gasteiger partial charge on any atom is 0.0707 e. The van der Waals surface area contributed by atoms with Crippen molar-refractivity contribution in [1.29, 1.82) is 0 Å². The van der Waals surface area contributed by atoms with E-state index in [0.29, 0.717) is 6.10 Å². The molecule has 0 aliphatic carbocycles. The third-order valence-electron chi connectivity index (χ3n) is 3.27. The summed E-state index contributed by atoms with van der Waals surface area (Å²) in [6, 6.07) is 0. The highest BCUT2D eigenvalue weighted by Gasteiger charge is 2.30. The molecule has 1 atom stereocenters. The molecule has 2 heterocycles. The molecule has 0 amide bonds. The van der Waals surface area contributed by atoms with Gasteiger partial charge in [0.05, 0.1) is 17.9 Å². The molecule has 1 unspecified atom stereocenters. The van der Waals surface area contributed by atoms with E-state index >= 15 is 0 Å². The third kappa shape index (κ3) is 3.82. The first-order valence-corrected chi connectivity index (χ1v) is 6.41. The zero-order valence-corrected chi connectivity index (χ0v) is 11.1. The summed E-state index contributed by atoms with van der Waals surface area (Å²) in [4.78, 5) is 0. The van der Waals surface area contributed by atoms with Gasteiger partial charge in [-0.05, 0) is 45.2 Å². The quantitative estimate of drug-likeness (QED) is 0.789. The van der Waals surface area contributed by atoms with Gasteiger partial charge in [0, 0.05) is 19.8 Å².